The summed E-state index contributed by atoms with van der Waals surface area (Å²) in [7, 11) is 1.58. The van der Waals surface area contributed by atoms with Gasteiger partial charge >= 0.3 is 5.97 Å². The highest BCUT2D eigenvalue weighted by Gasteiger charge is 2.17. The van der Waals surface area contributed by atoms with E-state index in [2.05, 4.69) is 15.5 Å². The molecule has 0 bridgehead atoms. The molecular weight excluding hydrogens is 468 g/mol. The molecule has 35 heavy (non-hydrogen) atoms. The molecule has 0 atom stereocenters. The Labute approximate surface area is 208 Å². The number of rotatable bonds is 11. The molecule has 3 aromatic rings. The summed E-state index contributed by atoms with van der Waals surface area (Å²) in [5.41, 5.74) is 1.75. The average Bonchev–Trinajstić information content (AvgIpc) is 3.21. The molecule has 3 rings (SSSR count). The van der Waals surface area contributed by atoms with Crippen molar-refractivity contribution in [2.45, 2.75) is 32.3 Å². The third-order valence-corrected chi connectivity index (χ3v) is 5.79. The van der Waals surface area contributed by atoms with Crippen molar-refractivity contribution in [3.63, 3.8) is 0 Å². The van der Waals surface area contributed by atoms with E-state index in [4.69, 9.17) is 9.47 Å². The minimum absolute atomic E-state index is 0.0403. The smallest absolute Gasteiger partial charge is 0.316 e. The molecule has 0 saturated carbocycles. The van der Waals surface area contributed by atoms with Crippen molar-refractivity contribution in [3.8, 4) is 11.4 Å². The van der Waals surface area contributed by atoms with Crippen molar-refractivity contribution in [1.29, 1.82) is 0 Å². The van der Waals surface area contributed by atoms with Crippen LogP contribution < -0.4 is 10.1 Å². The van der Waals surface area contributed by atoms with E-state index in [-0.39, 0.29) is 30.0 Å². The number of anilines is 1. The Morgan fingerprint density at radius 3 is 2.46 bits per heavy atom. The number of ether oxygens (including phenoxy) is 2. The Balaban J connectivity index is 1.53. The minimum atomic E-state index is -0.548. The zero-order chi connectivity index (χ0) is 25.4. The summed E-state index contributed by atoms with van der Waals surface area (Å²) in [6, 6.07) is 13.9. The molecule has 184 valence electrons. The third kappa shape index (κ3) is 7.16. The van der Waals surface area contributed by atoms with Crippen molar-refractivity contribution in [3.05, 3.63) is 59.9 Å². The number of aryl methyl sites for hydroxylation is 1. The normalized spacial score (nSPS) is 10.8. The predicted molar refractivity (Wildman–Crippen MR) is 133 cm³/mol. The van der Waals surface area contributed by atoms with Crippen LogP contribution in [-0.2, 0) is 14.3 Å². The summed E-state index contributed by atoms with van der Waals surface area (Å²) in [6.45, 7) is 5.36. The van der Waals surface area contributed by atoms with Gasteiger partial charge in [-0.3, -0.25) is 19.0 Å². The number of hydrogen-bond acceptors (Lipinski definition) is 8. The molecular formula is C25H28N4O5S. The van der Waals surface area contributed by atoms with Gasteiger partial charge in [-0.1, -0.05) is 37.7 Å². The second-order valence-corrected chi connectivity index (χ2v) is 9.08. The van der Waals surface area contributed by atoms with Crippen molar-refractivity contribution in [2.75, 3.05) is 24.8 Å². The average molecular weight is 497 g/mol. The van der Waals surface area contributed by atoms with Crippen molar-refractivity contribution >= 4 is 35.1 Å². The summed E-state index contributed by atoms with van der Waals surface area (Å²) in [4.78, 5) is 36.5. The summed E-state index contributed by atoms with van der Waals surface area (Å²) >= 11 is 1.16. The van der Waals surface area contributed by atoms with Crippen LogP contribution in [0.4, 0.5) is 5.69 Å². The number of nitrogens with zero attached hydrogens (tertiary/aromatic N) is 3. The van der Waals surface area contributed by atoms with E-state index in [0.29, 0.717) is 34.4 Å². The van der Waals surface area contributed by atoms with Crippen LogP contribution in [0.25, 0.3) is 5.69 Å². The zero-order valence-electron chi connectivity index (χ0n) is 20.1. The molecule has 0 aliphatic rings. The largest absolute Gasteiger partial charge is 0.495 e. The van der Waals surface area contributed by atoms with E-state index >= 15 is 0 Å². The highest BCUT2D eigenvalue weighted by atomic mass is 32.2. The Kier molecular flexibility index (Phi) is 9.02. The van der Waals surface area contributed by atoms with Crippen LogP contribution >= 0.6 is 11.8 Å². The van der Waals surface area contributed by atoms with Crippen LogP contribution in [0.2, 0.25) is 0 Å². The first-order valence-corrected chi connectivity index (χ1v) is 12.0. The molecule has 1 amide bonds. The van der Waals surface area contributed by atoms with Gasteiger partial charge < -0.3 is 14.8 Å². The maximum atomic E-state index is 12.4. The van der Waals surface area contributed by atoms with Gasteiger partial charge in [-0.25, -0.2) is 0 Å². The molecule has 9 nitrogen and oxygen atoms in total. The van der Waals surface area contributed by atoms with E-state index in [1.807, 2.05) is 45.0 Å². The molecule has 0 fully saturated rings. The van der Waals surface area contributed by atoms with E-state index in [9.17, 15) is 14.4 Å². The van der Waals surface area contributed by atoms with Gasteiger partial charge in [-0.2, -0.15) is 0 Å². The van der Waals surface area contributed by atoms with Crippen LogP contribution in [0.15, 0.2) is 53.7 Å². The number of nitrogens with one attached hydrogen (secondary N) is 1. The van der Waals surface area contributed by atoms with Gasteiger partial charge in [0, 0.05) is 17.7 Å². The van der Waals surface area contributed by atoms with E-state index in [0.717, 1.165) is 17.4 Å². The fourth-order valence-corrected chi connectivity index (χ4v) is 4.03. The number of aromatic nitrogens is 3. The van der Waals surface area contributed by atoms with Gasteiger partial charge in [0.25, 0.3) is 0 Å². The first-order valence-electron chi connectivity index (χ1n) is 11.1. The summed E-state index contributed by atoms with van der Waals surface area (Å²) in [6.07, 6.45) is 0.420. The number of carbonyl (C=O) groups is 3. The molecule has 1 aromatic heterocycles. The minimum Gasteiger partial charge on any atom is -0.495 e. The van der Waals surface area contributed by atoms with E-state index in [1.54, 1.807) is 35.9 Å². The van der Waals surface area contributed by atoms with Crippen LogP contribution in [0, 0.1) is 12.8 Å². The maximum Gasteiger partial charge on any atom is 0.316 e. The monoisotopic (exact) mass is 496 g/mol. The zero-order valence-corrected chi connectivity index (χ0v) is 20.9. The Hall–Kier alpha value is -3.66. The number of hydrogen-bond donors (Lipinski definition) is 1. The van der Waals surface area contributed by atoms with Crippen LogP contribution in [0.3, 0.4) is 0 Å². The number of para-hydroxylation sites is 2. The number of carbonyl (C=O) groups excluding carboxylic acids is 3. The molecule has 0 radical (unpaired) electrons. The lowest BCUT2D eigenvalue weighted by atomic mass is 10.1. The van der Waals surface area contributed by atoms with Gasteiger partial charge in [0.1, 0.15) is 11.6 Å². The highest BCUT2D eigenvalue weighted by Crippen LogP contribution is 2.28. The standard InChI is InChI=1S/C25H28N4O5S/c1-16(2)13-23(31)26-19-11-9-18(10-12-19)21(30)14-34-24(32)15-35-25-28-27-17(3)29(25)20-7-5-6-8-22(20)33-4/h5-12,16H,13-15H2,1-4H3,(H,26,31). The number of ketones is 1. The molecule has 0 aliphatic heterocycles. The van der Waals surface area contributed by atoms with E-state index < -0.39 is 5.97 Å². The summed E-state index contributed by atoms with van der Waals surface area (Å²) in [5, 5.41) is 11.5. The molecule has 1 N–H and O–H groups in total. The number of esters is 1. The fraction of sp³-hybridized carbons (Fsp3) is 0.320. The lowest BCUT2D eigenvalue weighted by molar-refractivity contribution is -0.139. The topological polar surface area (TPSA) is 112 Å². The molecule has 0 saturated heterocycles. The Morgan fingerprint density at radius 1 is 1.06 bits per heavy atom. The van der Waals surface area contributed by atoms with Crippen LogP contribution in [0.5, 0.6) is 5.75 Å². The highest BCUT2D eigenvalue weighted by molar-refractivity contribution is 7.99. The van der Waals surface area contributed by atoms with Gasteiger partial charge in [-0.15, -0.1) is 10.2 Å². The molecule has 0 unspecified atom stereocenters. The third-order valence-electron chi connectivity index (χ3n) is 4.89. The SMILES string of the molecule is COc1ccccc1-n1c(C)nnc1SCC(=O)OCC(=O)c1ccc(NC(=O)CC(C)C)cc1. The fourth-order valence-electron chi connectivity index (χ4n) is 3.25. The quantitative estimate of drug-likeness (QED) is 0.240. The number of Topliss-reactive ketones (excluding diaryl/α,β-unsaturated/α-hetero) is 1. The molecule has 2 aromatic carbocycles. The molecule has 0 aliphatic carbocycles. The molecule has 1 heterocycles. The summed E-state index contributed by atoms with van der Waals surface area (Å²) in [5.74, 6) is 0.541. The first kappa shape index (κ1) is 26.0. The second-order valence-electron chi connectivity index (χ2n) is 8.13. The van der Waals surface area contributed by atoms with Crippen LogP contribution in [0.1, 0.15) is 36.5 Å². The number of methoxy groups -OCH3 is 1. The van der Waals surface area contributed by atoms with E-state index in [1.165, 1.54) is 0 Å². The lowest BCUT2D eigenvalue weighted by Crippen LogP contribution is -2.16. The van der Waals surface area contributed by atoms with Crippen molar-refractivity contribution in [1.82, 2.24) is 14.8 Å². The number of benzene rings is 2. The van der Waals surface area contributed by atoms with Gasteiger partial charge in [0.2, 0.25) is 5.91 Å². The Morgan fingerprint density at radius 2 is 1.77 bits per heavy atom. The summed E-state index contributed by atoms with van der Waals surface area (Å²) < 4.78 is 12.4. The van der Waals surface area contributed by atoms with Crippen molar-refractivity contribution in [2.24, 2.45) is 5.92 Å². The maximum absolute atomic E-state index is 12.4. The predicted octanol–water partition coefficient (Wildman–Crippen LogP) is 4.09. The number of thioether (sulfide) groups is 1. The molecule has 10 heteroatoms. The lowest BCUT2D eigenvalue weighted by Gasteiger charge is -2.12. The van der Waals surface area contributed by atoms with Gasteiger partial charge in [0.05, 0.1) is 18.6 Å². The van der Waals surface area contributed by atoms with Gasteiger partial charge in [0.15, 0.2) is 17.5 Å². The van der Waals surface area contributed by atoms with Crippen LogP contribution in [-0.4, -0.2) is 51.9 Å². The Bertz CT molecular complexity index is 1190. The number of amides is 1. The molecule has 0 spiro atoms. The second kappa shape index (κ2) is 12.2. The van der Waals surface area contributed by atoms with Gasteiger partial charge in [-0.05, 0) is 49.2 Å². The first-order chi connectivity index (χ1) is 16.8. The van der Waals surface area contributed by atoms with Crippen molar-refractivity contribution < 1.29 is 23.9 Å².